The number of rotatable bonds is 7. The molecule has 46 heavy (non-hydrogen) atoms. The first-order chi connectivity index (χ1) is 22.0. The molecule has 0 radical (unpaired) electrons. The number of esters is 1. The molecule has 2 aromatic heterocycles. The first-order valence-corrected chi connectivity index (χ1v) is 13.8. The van der Waals surface area contributed by atoms with Gasteiger partial charge in [-0.15, -0.1) is 0 Å². The Balaban J connectivity index is 1.19. The molecule has 0 saturated heterocycles. The van der Waals surface area contributed by atoms with Crippen molar-refractivity contribution >= 4 is 52.2 Å². The van der Waals surface area contributed by atoms with E-state index in [4.69, 9.17) is 4.74 Å². The number of aromatic amines is 1. The van der Waals surface area contributed by atoms with Crippen molar-refractivity contribution in [2.75, 3.05) is 23.1 Å². The van der Waals surface area contributed by atoms with E-state index in [1.165, 1.54) is 24.1 Å². The Bertz CT molecular complexity index is 2040. The van der Waals surface area contributed by atoms with E-state index in [0.717, 1.165) is 12.1 Å². The molecule has 0 aliphatic carbocycles. The number of methoxy groups -OCH3 is 1. The maximum Gasteiger partial charge on any atom is 0.416 e. The van der Waals surface area contributed by atoms with Gasteiger partial charge in [-0.2, -0.15) is 13.2 Å². The van der Waals surface area contributed by atoms with Gasteiger partial charge in [-0.25, -0.2) is 9.78 Å². The van der Waals surface area contributed by atoms with Gasteiger partial charge in [0, 0.05) is 51.8 Å². The number of carbonyl (C=O) groups is 3. The molecular weight excluding hydrogens is 601 g/mol. The molecule has 1 aliphatic heterocycles. The van der Waals surface area contributed by atoms with Crippen LogP contribution in [0.25, 0.3) is 17.3 Å². The summed E-state index contributed by atoms with van der Waals surface area (Å²) in [4.78, 5) is 44.5. The van der Waals surface area contributed by atoms with Crippen molar-refractivity contribution in [1.29, 1.82) is 0 Å². The number of amides is 2. The van der Waals surface area contributed by atoms with Gasteiger partial charge in [-0.1, -0.05) is 12.1 Å². The lowest BCUT2D eigenvalue weighted by molar-refractivity contribution is -0.137. The second-order valence-corrected chi connectivity index (χ2v) is 10.5. The van der Waals surface area contributed by atoms with Crippen LogP contribution in [0, 0.1) is 6.92 Å². The third kappa shape index (κ3) is 6.24. The van der Waals surface area contributed by atoms with Gasteiger partial charge in [-0.3, -0.25) is 9.59 Å². The number of aryl methyl sites for hydroxylation is 1. The van der Waals surface area contributed by atoms with Gasteiger partial charge in [0.1, 0.15) is 5.69 Å². The zero-order valence-electron chi connectivity index (χ0n) is 24.3. The van der Waals surface area contributed by atoms with E-state index >= 15 is 0 Å². The molecule has 0 unspecified atom stereocenters. The number of H-pyrrole nitrogens is 1. The second-order valence-electron chi connectivity index (χ2n) is 10.5. The fraction of sp³-hybridized carbons (Fsp3) is 0.0909. The number of carbonyl (C=O) groups excluding carboxylic acids is 3. The molecule has 5 aromatic rings. The zero-order chi connectivity index (χ0) is 32.6. The monoisotopic (exact) mass is 626 g/mol. The standard InChI is InChI=1S/C33H25F3N6O4/c1-18-16-42(17-38-18)25-11-20(10-21(12-25)33(34,35)36)30(43)40-23-5-3-4-22(13-23)39-24-6-7-26-27(31(44)41-28(26)14-24)8-19-9-29(37-15-19)32(45)46-2/h3-17,37,39H,1-2H3,(H,40,43)(H,41,44). The molecule has 13 heteroatoms. The molecule has 2 amide bonds. The van der Waals surface area contributed by atoms with Crippen molar-refractivity contribution in [3.05, 3.63) is 119 Å². The highest BCUT2D eigenvalue weighted by Gasteiger charge is 2.32. The third-order valence-corrected chi connectivity index (χ3v) is 7.15. The number of anilines is 4. The summed E-state index contributed by atoms with van der Waals surface area (Å²) in [6.45, 7) is 1.71. The third-order valence-electron chi connectivity index (χ3n) is 7.15. The molecule has 232 valence electrons. The molecule has 0 saturated carbocycles. The van der Waals surface area contributed by atoms with Crippen LogP contribution in [0.3, 0.4) is 0 Å². The van der Waals surface area contributed by atoms with Crippen molar-refractivity contribution < 1.29 is 32.3 Å². The molecular formula is C33H25F3N6O4. The lowest BCUT2D eigenvalue weighted by Crippen LogP contribution is -2.15. The average molecular weight is 627 g/mol. The minimum absolute atomic E-state index is 0.150. The predicted octanol–water partition coefficient (Wildman–Crippen LogP) is 6.80. The highest BCUT2D eigenvalue weighted by molar-refractivity contribution is 6.35. The number of hydrogen-bond acceptors (Lipinski definition) is 6. The van der Waals surface area contributed by atoms with E-state index in [1.54, 1.807) is 73.9 Å². The lowest BCUT2D eigenvalue weighted by atomic mass is 10.0. The first-order valence-electron chi connectivity index (χ1n) is 13.8. The lowest BCUT2D eigenvalue weighted by Gasteiger charge is -2.14. The Morgan fingerprint density at radius 1 is 1.00 bits per heavy atom. The number of halogens is 3. The first kappa shape index (κ1) is 29.9. The fourth-order valence-corrected chi connectivity index (χ4v) is 4.97. The van der Waals surface area contributed by atoms with Crippen LogP contribution in [0.15, 0.2) is 85.5 Å². The van der Waals surface area contributed by atoms with Gasteiger partial charge in [-0.05, 0) is 73.2 Å². The van der Waals surface area contributed by atoms with Crippen molar-refractivity contribution in [3.8, 4) is 5.69 Å². The second kappa shape index (κ2) is 11.8. The number of ether oxygens (including phenoxy) is 1. The minimum Gasteiger partial charge on any atom is -0.464 e. The summed E-state index contributed by atoms with van der Waals surface area (Å²) in [5.41, 5.74) is 3.74. The maximum atomic E-state index is 13.7. The Hall–Kier alpha value is -6.11. The molecule has 0 atom stereocenters. The highest BCUT2D eigenvalue weighted by atomic mass is 19.4. The maximum absolute atomic E-state index is 13.7. The van der Waals surface area contributed by atoms with Crippen LogP contribution in [0.2, 0.25) is 0 Å². The van der Waals surface area contributed by atoms with Gasteiger partial charge in [0.15, 0.2) is 0 Å². The molecule has 0 spiro atoms. The number of hydrogen-bond donors (Lipinski definition) is 4. The summed E-state index contributed by atoms with van der Waals surface area (Å²) in [7, 11) is 1.28. The number of benzene rings is 3. The SMILES string of the molecule is COC(=O)c1cc(C=C2C(=O)Nc3cc(Nc4cccc(NC(=O)c5cc(-n6cnc(C)c6)cc(C(F)(F)F)c5)c4)ccc32)c[nH]1. The number of fused-ring (bicyclic) bond motifs is 1. The number of alkyl halides is 3. The summed E-state index contributed by atoms with van der Waals surface area (Å²) < 4.78 is 47.1. The van der Waals surface area contributed by atoms with Crippen molar-refractivity contribution in [2.45, 2.75) is 13.1 Å². The topological polar surface area (TPSA) is 130 Å². The largest absolute Gasteiger partial charge is 0.464 e. The van der Waals surface area contributed by atoms with Gasteiger partial charge in [0.05, 0.1) is 30.4 Å². The fourth-order valence-electron chi connectivity index (χ4n) is 4.97. The summed E-state index contributed by atoms with van der Waals surface area (Å²) in [6, 6.07) is 16.7. The summed E-state index contributed by atoms with van der Waals surface area (Å²) in [5, 5.41) is 8.71. The predicted molar refractivity (Wildman–Crippen MR) is 166 cm³/mol. The number of aromatic nitrogens is 3. The van der Waals surface area contributed by atoms with Crippen molar-refractivity contribution in [3.63, 3.8) is 0 Å². The van der Waals surface area contributed by atoms with Crippen LogP contribution >= 0.6 is 0 Å². The van der Waals surface area contributed by atoms with Crippen LogP contribution in [0.1, 0.15) is 43.2 Å². The molecule has 0 bridgehead atoms. The molecule has 1 aliphatic rings. The van der Waals surface area contributed by atoms with Crippen LogP contribution in [-0.4, -0.2) is 39.4 Å². The van der Waals surface area contributed by atoms with Crippen molar-refractivity contribution in [2.24, 2.45) is 0 Å². The molecule has 0 fully saturated rings. The minimum atomic E-state index is -4.66. The van der Waals surface area contributed by atoms with E-state index in [0.29, 0.717) is 45.1 Å². The normalized spacial score (nSPS) is 13.3. The van der Waals surface area contributed by atoms with Crippen molar-refractivity contribution in [1.82, 2.24) is 14.5 Å². The van der Waals surface area contributed by atoms with E-state index in [2.05, 4.69) is 25.9 Å². The summed E-state index contributed by atoms with van der Waals surface area (Å²) in [6.07, 6.45) is 1.55. The van der Waals surface area contributed by atoms with Crippen LogP contribution in [0.5, 0.6) is 0 Å². The molecule has 10 nitrogen and oxygen atoms in total. The van der Waals surface area contributed by atoms with Gasteiger partial charge in [0.2, 0.25) is 0 Å². The quantitative estimate of drug-likeness (QED) is 0.116. The number of nitrogens with zero attached hydrogens (tertiary/aromatic N) is 2. The molecule has 3 heterocycles. The van der Waals surface area contributed by atoms with Gasteiger partial charge in [0.25, 0.3) is 11.8 Å². The van der Waals surface area contributed by atoms with Crippen LogP contribution < -0.4 is 16.0 Å². The Kier molecular flexibility index (Phi) is 7.66. The number of nitrogens with one attached hydrogen (secondary N) is 4. The average Bonchev–Trinajstić information content (AvgIpc) is 3.75. The summed E-state index contributed by atoms with van der Waals surface area (Å²) >= 11 is 0. The van der Waals surface area contributed by atoms with Crippen LogP contribution in [0.4, 0.5) is 35.9 Å². The highest BCUT2D eigenvalue weighted by Crippen LogP contribution is 2.36. The summed E-state index contributed by atoms with van der Waals surface area (Å²) in [5.74, 6) is -1.55. The van der Waals surface area contributed by atoms with E-state index in [-0.39, 0.29) is 22.9 Å². The number of imidazole rings is 1. The zero-order valence-corrected chi connectivity index (χ0v) is 24.3. The van der Waals surface area contributed by atoms with Gasteiger partial charge >= 0.3 is 12.1 Å². The Morgan fingerprint density at radius 2 is 1.78 bits per heavy atom. The van der Waals surface area contributed by atoms with E-state index in [9.17, 15) is 27.6 Å². The molecule has 6 rings (SSSR count). The molecule has 4 N–H and O–H groups in total. The van der Waals surface area contributed by atoms with Crippen LogP contribution in [-0.2, 0) is 15.7 Å². The van der Waals surface area contributed by atoms with E-state index in [1.807, 2.05) is 0 Å². The van der Waals surface area contributed by atoms with Gasteiger partial charge < -0.3 is 30.2 Å². The molecule has 3 aromatic carbocycles. The Labute approximate surface area is 259 Å². The smallest absolute Gasteiger partial charge is 0.416 e. The Morgan fingerprint density at radius 3 is 2.52 bits per heavy atom. The van der Waals surface area contributed by atoms with E-state index < -0.39 is 23.6 Å².